The highest BCUT2D eigenvalue weighted by atomic mass is 32.2. The quantitative estimate of drug-likeness (QED) is 0.726. The fourth-order valence-corrected chi connectivity index (χ4v) is 4.24. The van der Waals surface area contributed by atoms with Crippen LogP contribution in [0.1, 0.15) is 27.2 Å². The van der Waals surface area contributed by atoms with Gasteiger partial charge in [-0.15, -0.1) is 0 Å². The van der Waals surface area contributed by atoms with Crippen LogP contribution in [-0.2, 0) is 18.6 Å². The number of pyridine rings is 2. The van der Waals surface area contributed by atoms with Gasteiger partial charge in [0.05, 0.1) is 24.7 Å². The molecule has 0 saturated heterocycles. The molecule has 0 fully saturated rings. The number of ether oxygens (including phenoxy) is 1. The van der Waals surface area contributed by atoms with E-state index >= 15 is 0 Å². The molecule has 0 aliphatic carbocycles. The second-order valence-corrected chi connectivity index (χ2v) is 7.44. The van der Waals surface area contributed by atoms with Crippen molar-refractivity contribution in [3.8, 4) is 11.6 Å². The maximum atomic E-state index is 13.0. The number of rotatable bonds is 4. The van der Waals surface area contributed by atoms with Gasteiger partial charge in [0.2, 0.25) is 5.88 Å². The summed E-state index contributed by atoms with van der Waals surface area (Å²) in [5, 5.41) is 7.33. The summed E-state index contributed by atoms with van der Waals surface area (Å²) < 4.78 is 8.11. The molecule has 4 heterocycles. The minimum atomic E-state index is -0.443. The number of methoxy groups -OCH3 is 1. The number of aromatic nitrogens is 4. The fourth-order valence-electron chi connectivity index (χ4n) is 3.21. The normalized spacial score (nSPS) is 12.7. The van der Waals surface area contributed by atoms with E-state index in [0.29, 0.717) is 22.9 Å². The summed E-state index contributed by atoms with van der Waals surface area (Å²) in [6.07, 6.45) is 3.17. The van der Waals surface area contributed by atoms with Crippen LogP contribution in [0.3, 0.4) is 0 Å². The Balaban J connectivity index is 1.71. The van der Waals surface area contributed by atoms with Gasteiger partial charge in [0, 0.05) is 36.4 Å². The number of nitrogens with one attached hydrogen (secondary N) is 1. The number of amides is 1. The van der Waals surface area contributed by atoms with Gasteiger partial charge in [-0.1, -0.05) is 0 Å². The van der Waals surface area contributed by atoms with E-state index in [9.17, 15) is 9.59 Å². The minimum absolute atomic E-state index is 0.0962. The van der Waals surface area contributed by atoms with E-state index in [0.717, 1.165) is 22.8 Å². The van der Waals surface area contributed by atoms with E-state index < -0.39 is 11.5 Å². The molecule has 0 saturated carbocycles. The number of hydrogen-bond acceptors (Lipinski definition) is 6. The van der Waals surface area contributed by atoms with E-state index in [4.69, 9.17) is 4.74 Å². The predicted molar refractivity (Wildman–Crippen MR) is 107 cm³/mol. The van der Waals surface area contributed by atoms with Crippen molar-refractivity contribution in [1.29, 1.82) is 0 Å². The molecule has 28 heavy (non-hydrogen) atoms. The summed E-state index contributed by atoms with van der Waals surface area (Å²) >= 11 is 1.75. The Morgan fingerprint density at radius 2 is 2.11 bits per heavy atom. The summed E-state index contributed by atoms with van der Waals surface area (Å²) in [6.45, 7) is 1.75. The molecule has 1 N–H and O–H groups in total. The average molecular weight is 397 g/mol. The smallest absolute Gasteiger partial charge is 0.268 e. The molecule has 1 amide bonds. The highest BCUT2D eigenvalue weighted by Gasteiger charge is 2.24. The van der Waals surface area contributed by atoms with Gasteiger partial charge in [-0.2, -0.15) is 16.9 Å². The van der Waals surface area contributed by atoms with Crippen LogP contribution in [0.5, 0.6) is 5.88 Å². The van der Waals surface area contributed by atoms with Gasteiger partial charge in [0.25, 0.3) is 11.5 Å². The third kappa shape index (κ3) is 3.07. The zero-order valence-corrected chi connectivity index (χ0v) is 16.5. The molecule has 1 aliphatic rings. The molecule has 9 heteroatoms. The van der Waals surface area contributed by atoms with Crippen molar-refractivity contribution in [2.24, 2.45) is 7.05 Å². The fraction of sp³-hybridized carbons (Fsp3) is 0.263. The molecular formula is C19H19N5O3S. The monoisotopic (exact) mass is 397 g/mol. The van der Waals surface area contributed by atoms with Crippen LogP contribution in [-0.4, -0.2) is 32.3 Å². The van der Waals surface area contributed by atoms with E-state index in [1.165, 1.54) is 17.9 Å². The molecule has 0 radical (unpaired) electrons. The van der Waals surface area contributed by atoms with Crippen LogP contribution >= 0.6 is 11.8 Å². The van der Waals surface area contributed by atoms with Crippen molar-refractivity contribution < 1.29 is 9.53 Å². The Hall–Kier alpha value is -3.07. The van der Waals surface area contributed by atoms with Crippen molar-refractivity contribution in [2.45, 2.75) is 18.4 Å². The third-order valence-electron chi connectivity index (χ3n) is 4.68. The highest BCUT2D eigenvalue weighted by Crippen LogP contribution is 2.34. The number of nitrogens with zero attached hydrogens (tertiary/aromatic N) is 4. The van der Waals surface area contributed by atoms with E-state index in [2.05, 4.69) is 15.4 Å². The Morgan fingerprint density at radius 1 is 1.29 bits per heavy atom. The number of carbonyl (C=O) groups is 1. The molecule has 3 aromatic heterocycles. The number of thioether (sulfide) groups is 1. The zero-order chi connectivity index (χ0) is 19.8. The number of hydrogen-bond donors (Lipinski definition) is 1. The van der Waals surface area contributed by atoms with Crippen LogP contribution in [0.15, 0.2) is 35.4 Å². The van der Waals surface area contributed by atoms with Crippen LogP contribution in [0.4, 0.5) is 5.82 Å². The van der Waals surface area contributed by atoms with Gasteiger partial charge < -0.3 is 10.1 Å². The largest absolute Gasteiger partial charge is 0.481 e. The summed E-state index contributed by atoms with van der Waals surface area (Å²) in [4.78, 5) is 30.2. The molecule has 3 aromatic rings. The Morgan fingerprint density at radius 3 is 2.82 bits per heavy atom. The standard InChI is InChI=1S/C19H19N5O3S/c1-11-6-7-24(12-4-5-15(27-3)20-8-12)19(26)16(11)18(25)21-17-13-9-28-10-14(13)22-23(17)2/h4-8H,9-10H2,1-3H3,(H,21,25). The third-order valence-corrected chi connectivity index (χ3v) is 5.65. The molecule has 1 aliphatic heterocycles. The maximum Gasteiger partial charge on any atom is 0.268 e. The highest BCUT2D eigenvalue weighted by molar-refractivity contribution is 7.98. The summed E-state index contributed by atoms with van der Waals surface area (Å²) in [7, 11) is 3.31. The molecule has 0 atom stereocenters. The Labute approximate surface area is 165 Å². The van der Waals surface area contributed by atoms with Crippen molar-refractivity contribution in [1.82, 2.24) is 19.3 Å². The van der Waals surface area contributed by atoms with Crippen molar-refractivity contribution in [3.05, 3.63) is 63.3 Å². The number of carbonyl (C=O) groups excluding carboxylic acids is 1. The van der Waals surface area contributed by atoms with Crippen LogP contribution < -0.4 is 15.6 Å². The minimum Gasteiger partial charge on any atom is -0.481 e. The SMILES string of the molecule is COc1ccc(-n2ccc(C)c(C(=O)Nc3c4c(nn3C)CSC4)c2=O)cn1. The van der Waals surface area contributed by atoms with Crippen LogP contribution in [0, 0.1) is 6.92 Å². The Bertz CT molecular complexity index is 1120. The van der Waals surface area contributed by atoms with Crippen molar-refractivity contribution >= 4 is 23.5 Å². The molecule has 8 nitrogen and oxygen atoms in total. The van der Waals surface area contributed by atoms with Gasteiger partial charge in [0.1, 0.15) is 11.4 Å². The van der Waals surface area contributed by atoms with Gasteiger partial charge in [-0.3, -0.25) is 18.8 Å². The number of anilines is 1. The second-order valence-electron chi connectivity index (χ2n) is 6.45. The molecular weight excluding hydrogens is 378 g/mol. The first-order chi connectivity index (χ1) is 13.5. The van der Waals surface area contributed by atoms with Gasteiger partial charge >= 0.3 is 0 Å². The molecule has 0 bridgehead atoms. The maximum absolute atomic E-state index is 13.0. The lowest BCUT2D eigenvalue weighted by Crippen LogP contribution is -2.30. The first-order valence-electron chi connectivity index (χ1n) is 8.66. The van der Waals surface area contributed by atoms with Gasteiger partial charge in [-0.25, -0.2) is 4.98 Å². The molecule has 144 valence electrons. The average Bonchev–Trinajstić information content (AvgIpc) is 3.24. The van der Waals surface area contributed by atoms with Gasteiger partial charge in [-0.05, 0) is 24.6 Å². The molecule has 0 unspecified atom stereocenters. The molecule has 4 rings (SSSR count). The topological polar surface area (TPSA) is 91.0 Å². The Kier molecular flexibility index (Phi) is 4.68. The second kappa shape index (κ2) is 7.16. The van der Waals surface area contributed by atoms with Gasteiger partial charge in [0.15, 0.2) is 0 Å². The summed E-state index contributed by atoms with van der Waals surface area (Å²) in [5.41, 5.74) is 2.85. The number of fused-ring (bicyclic) bond motifs is 1. The molecule has 0 spiro atoms. The van der Waals surface area contributed by atoms with Crippen LogP contribution in [0.2, 0.25) is 0 Å². The van der Waals surface area contributed by atoms with Crippen molar-refractivity contribution in [3.63, 3.8) is 0 Å². The van der Waals surface area contributed by atoms with Crippen molar-refractivity contribution in [2.75, 3.05) is 12.4 Å². The first kappa shape index (κ1) is 18.3. The van der Waals surface area contributed by atoms with E-state index in [1.807, 2.05) is 0 Å². The first-order valence-corrected chi connectivity index (χ1v) is 9.81. The summed E-state index contributed by atoms with van der Waals surface area (Å²) in [6, 6.07) is 5.12. The predicted octanol–water partition coefficient (Wildman–Crippen LogP) is 2.28. The summed E-state index contributed by atoms with van der Waals surface area (Å²) in [5.74, 6) is 2.28. The lowest BCUT2D eigenvalue weighted by molar-refractivity contribution is 0.102. The zero-order valence-electron chi connectivity index (χ0n) is 15.7. The van der Waals surface area contributed by atoms with E-state index in [-0.39, 0.29) is 5.56 Å². The van der Waals surface area contributed by atoms with Crippen LogP contribution in [0.25, 0.3) is 5.69 Å². The lowest BCUT2D eigenvalue weighted by atomic mass is 10.1. The molecule has 0 aromatic carbocycles. The number of aryl methyl sites for hydroxylation is 2. The van der Waals surface area contributed by atoms with E-state index in [1.54, 1.807) is 54.8 Å². The lowest BCUT2D eigenvalue weighted by Gasteiger charge is -2.12.